The van der Waals surface area contributed by atoms with E-state index in [0.717, 1.165) is 22.8 Å². The number of aryl methyl sites for hydroxylation is 2. The maximum atomic E-state index is 11.9. The van der Waals surface area contributed by atoms with Crippen LogP contribution in [0.5, 0.6) is 0 Å². The number of carbonyl (C=O) groups excluding carboxylic acids is 1. The van der Waals surface area contributed by atoms with Crippen LogP contribution < -0.4 is 16.0 Å². The predicted octanol–water partition coefficient (Wildman–Crippen LogP) is 5.57. The van der Waals surface area contributed by atoms with Crippen molar-refractivity contribution in [2.24, 2.45) is 5.92 Å². The van der Waals surface area contributed by atoms with E-state index in [1.807, 2.05) is 75.4 Å². The third-order valence-corrected chi connectivity index (χ3v) is 4.20. The molecule has 0 atom stereocenters. The molecule has 29 heavy (non-hydrogen) atoms. The Morgan fingerprint density at radius 3 is 2.10 bits per heavy atom. The standard InChI is InChI=1S/C23H27N5O/c1-15(2)13-22(29)26-19-11-9-18(10-12-19)25-21-14-17(4)24-23(28-21)27-20-7-5-16(3)6-8-20/h5-12,14-15H,13H2,1-4H3,(H,26,29)(H2,24,25,27,28). The van der Waals surface area contributed by atoms with Gasteiger partial charge in [-0.2, -0.15) is 4.98 Å². The number of hydrogen-bond donors (Lipinski definition) is 3. The van der Waals surface area contributed by atoms with Gasteiger partial charge in [0.1, 0.15) is 5.82 Å². The van der Waals surface area contributed by atoms with E-state index in [9.17, 15) is 4.79 Å². The van der Waals surface area contributed by atoms with Crippen LogP contribution in [0.2, 0.25) is 0 Å². The van der Waals surface area contributed by atoms with Crippen molar-refractivity contribution < 1.29 is 4.79 Å². The van der Waals surface area contributed by atoms with Crippen LogP contribution in [-0.2, 0) is 4.79 Å². The lowest BCUT2D eigenvalue weighted by Gasteiger charge is -2.11. The zero-order valence-corrected chi connectivity index (χ0v) is 17.3. The minimum Gasteiger partial charge on any atom is -0.340 e. The van der Waals surface area contributed by atoms with Gasteiger partial charge in [-0.25, -0.2) is 4.98 Å². The summed E-state index contributed by atoms with van der Waals surface area (Å²) in [6.45, 7) is 8.03. The van der Waals surface area contributed by atoms with Crippen molar-refractivity contribution in [1.82, 2.24) is 9.97 Å². The molecule has 0 radical (unpaired) electrons. The molecule has 1 amide bonds. The van der Waals surface area contributed by atoms with Gasteiger partial charge in [0.05, 0.1) is 0 Å². The predicted molar refractivity (Wildman–Crippen MR) is 119 cm³/mol. The lowest BCUT2D eigenvalue weighted by molar-refractivity contribution is -0.116. The fourth-order valence-corrected chi connectivity index (χ4v) is 2.82. The summed E-state index contributed by atoms with van der Waals surface area (Å²) in [6, 6.07) is 17.5. The molecule has 2 aromatic carbocycles. The second kappa shape index (κ2) is 9.19. The third-order valence-electron chi connectivity index (χ3n) is 4.20. The molecule has 150 valence electrons. The van der Waals surface area contributed by atoms with Crippen molar-refractivity contribution in [3.05, 3.63) is 65.9 Å². The molecule has 3 N–H and O–H groups in total. The first-order valence-electron chi connectivity index (χ1n) is 9.74. The van der Waals surface area contributed by atoms with Crippen LogP contribution in [0.25, 0.3) is 0 Å². The molecule has 0 bridgehead atoms. The Morgan fingerprint density at radius 1 is 0.862 bits per heavy atom. The lowest BCUT2D eigenvalue weighted by atomic mass is 10.1. The number of anilines is 5. The second-order valence-corrected chi connectivity index (χ2v) is 7.56. The number of aromatic nitrogens is 2. The van der Waals surface area contributed by atoms with Gasteiger partial charge in [0.25, 0.3) is 0 Å². The van der Waals surface area contributed by atoms with Crippen LogP contribution in [0.3, 0.4) is 0 Å². The maximum Gasteiger partial charge on any atom is 0.229 e. The number of nitrogens with zero attached hydrogens (tertiary/aromatic N) is 2. The fourth-order valence-electron chi connectivity index (χ4n) is 2.82. The monoisotopic (exact) mass is 389 g/mol. The molecule has 6 heteroatoms. The summed E-state index contributed by atoms with van der Waals surface area (Å²) < 4.78 is 0. The van der Waals surface area contributed by atoms with E-state index in [2.05, 4.69) is 32.8 Å². The Hall–Kier alpha value is -3.41. The van der Waals surface area contributed by atoms with Crippen LogP contribution in [0, 0.1) is 19.8 Å². The highest BCUT2D eigenvalue weighted by molar-refractivity contribution is 5.91. The molecule has 0 saturated heterocycles. The van der Waals surface area contributed by atoms with Gasteiger partial charge >= 0.3 is 0 Å². The van der Waals surface area contributed by atoms with Gasteiger partial charge in [0.15, 0.2) is 0 Å². The number of carbonyl (C=O) groups is 1. The number of amides is 1. The van der Waals surface area contributed by atoms with Gasteiger partial charge in [0.2, 0.25) is 11.9 Å². The molecule has 1 heterocycles. The Morgan fingerprint density at radius 2 is 1.45 bits per heavy atom. The van der Waals surface area contributed by atoms with Gasteiger partial charge in [-0.05, 0) is 56.2 Å². The van der Waals surface area contributed by atoms with E-state index in [4.69, 9.17) is 0 Å². The van der Waals surface area contributed by atoms with E-state index >= 15 is 0 Å². The van der Waals surface area contributed by atoms with Gasteiger partial charge < -0.3 is 16.0 Å². The number of rotatable bonds is 7. The van der Waals surface area contributed by atoms with Crippen LogP contribution in [0.15, 0.2) is 54.6 Å². The summed E-state index contributed by atoms with van der Waals surface area (Å²) in [6.07, 6.45) is 0.511. The molecule has 3 rings (SSSR count). The average molecular weight is 390 g/mol. The molecule has 0 aliphatic carbocycles. The van der Waals surface area contributed by atoms with Crippen LogP contribution in [0.1, 0.15) is 31.5 Å². The molecule has 1 aromatic heterocycles. The highest BCUT2D eigenvalue weighted by atomic mass is 16.1. The highest BCUT2D eigenvalue weighted by Crippen LogP contribution is 2.21. The summed E-state index contributed by atoms with van der Waals surface area (Å²) in [5.41, 5.74) is 4.66. The van der Waals surface area contributed by atoms with Crippen molar-refractivity contribution >= 4 is 34.7 Å². The lowest BCUT2D eigenvalue weighted by Crippen LogP contribution is -2.13. The Balaban J connectivity index is 1.67. The molecular formula is C23H27N5O. The zero-order chi connectivity index (χ0) is 20.8. The van der Waals surface area contributed by atoms with Crippen LogP contribution in [0.4, 0.5) is 28.8 Å². The highest BCUT2D eigenvalue weighted by Gasteiger charge is 2.06. The van der Waals surface area contributed by atoms with Gasteiger partial charge in [-0.15, -0.1) is 0 Å². The number of nitrogens with one attached hydrogen (secondary N) is 3. The fraction of sp³-hybridized carbons (Fsp3) is 0.261. The molecule has 0 aliphatic heterocycles. The molecule has 0 fully saturated rings. The minimum absolute atomic E-state index is 0.0268. The molecular weight excluding hydrogens is 362 g/mol. The topological polar surface area (TPSA) is 78.9 Å². The molecule has 0 unspecified atom stereocenters. The van der Waals surface area contributed by atoms with Crippen LogP contribution >= 0.6 is 0 Å². The third kappa shape index (κ3) is 6.31. The Bertz CT molecular complexity index is 966. The van der Waals surface area contributed by atoms with Gasteiger partial charge in [0, 0.05) is 35.2 Å². The summed E-state index contributed by atoms with van der Waals surface area (Å²) >= 11 is 0. The second-order valence-electron chi connectivity index (χ2n) is 7.56. The zero-order valence-electron chi connectivity index (χ0n) is 17.3. The molecule has 3 aromatic rings. The van der Waals surface area contributed by atoms with E-state index in [-0.39, 0.29) is 5.91 Å². The SMILES string of the molecule is Cc1ccc(Nc2nc(C)cc(Nc3ccc(NC(=O)CC(C)C)cc3)n2)cc1. The van der Waals surface area contributed by atoms with Crippen LogP contribution in [-0.4, -0.2) is 15.9 Å². The first-order valence-corrected chi connectivity index (χ1v) is 9.74. The van der Waals surface area contributed by atoms with Crippen molar-refractivity contribution in [3.8, 4) is 0 Å². The van der Waals surface area contributed by atoms with Crippen molar-refractivity contribution in [1.29, 1.82) is 0 Å². The smallest absolute Gasteiger partial charge is 0.229 e. The summed E-state index contributed by atoms with van der Waals surface area (Å²) in [4.78, 5) is 20.9. The number of benzene rings is 2. The summed E-state index contributed by atoms with van der Waals surface area (Å²) in [5, 5.41) is 9.44. The average Bonchev–Trinajstić information content (AvgIpc) is 2.64. The van der Waals surface area contributed by atoms with Crippen molar-refractivity contribution in [2.45, 2.75) is 34.1 Å². The molecule has 0 saturated carbocycles. The van der Waals surface area contributed by atoms with Gasteiger partial charge in [-0.1, -0.05) is 31.5 Å². The van der Waals surface area contributed by atoms with Gasteiger partial charge in [-0.3, -0.25) is 4.79 Å². The molecule has 0 spiro atoms. The largest absolute Gasteiger partial charge is 0.340 e. The minimum atomic E-state index is 0.0268. The first kappa shape index (κ1) is 20.3. The summed E-state index contributed by atoms with van der Waals surface area (Å²) in [5.74, 6) is 1.59. The summed E-state index contributed by atoms with van der Waals surface area (Å²) in [7, 11) is 0. The first-order chi connectivity index (χ1) is 13.9. The normalized spacial score (nSPS) is 10.7. The maximum absolute atomic E-state index is 11.9. The molecule has 0 aliphatic rings. The number of hydrogen-bond acceptors (Lipinski definition) is 5. The Kier molecular flexibility index (Phi) is 6.44. The van der Waals surface area contributed by atoms with E-state index in [1.54, 1.807) is 0 Å². The Labute approximate surface area is 171 Å². The van der Waals surface area contributed by atoms with E-state index in [1.165, 1.54) is 5.56 Å². The van der Waals surface area contributed by atoms with E-state index < -0.39 is 0 Å². The van der Waals surface area contributed by atoms with Crippen molar-refractivity contribution in [3.63, 3.8) is 0 Å². The van der Waals surface area contributed by atoms with E-state index in [0.29, 0.717) is 24.1 Å². The van der Waals surface area contributed by atoms with Crippen molar-refractivity contribution in [2.75, 3.05) is 16.0 Å². The molecule has 6 nitrogen and oxygen atoms in total. The quantitative estimate of drug-likeness (QED) is 0.493.